The Kier molecular flexibility index (Phi) is 5.76. The van der Waals surface area contributed by atoms with Gasteiger partial charge in [0, 0.05) is 0 Å². The second-order valence-electron chi connectivity index (χ2n) is 2.08. The molecule has 0 aromatic rings. The minimum Gasteiger partial charge on any atom is -0.306 e. The fourth-order valence-corrected chi connectivity index (χ4v) is 0.875. The van der Waals surface area contributed by atoms with Gasteiger partial charge in [0.25, 0.3) is 0 Å². The highest BCUT2D eigenvalue weighted by Crippen LogP contribution is 2.01. The van der Waals surface area contributed by atoms with E-state index < -0.39 is 11.6 Å². The Morgan fingerprint density at radius 1 is 1.22 bits per heavy atom. The van der Waals surface area contributed by atoms with E-state index in [1.165, 1.54) is 25.9 Å². The van der Waals surface area contributed by atoms with Crippen molar-refractivity contribution < 1.29 is 8.42 Å². The molecule has 0 atom stereocenters. The molecule has 3 nitrogen and oxygen atoms in total. The first-order valence-electron chi connectivity index (χ1n) is 2.91. The van der Waals surface area contributed by atoms with Crippen molar-refractivity contribution in [2.45, 2.75) is 12.8 Å². The van der Waals surface area contributed by atoms with Crippen molar-refractivity contribution in [3.05, 3.63) is 0 Å². The van der Waals surface area contributed by atoms with E-state index in [2.05, 4.69) is 11.9 Å². The number of likely N-dealkylation sites (tertiary alicyclic amines) is 1. The summed E-state index contributed by atoms with van der Waals surface area (Å²) in [5, 5.41) is 0. The molecule has 0 radical (unpaired) electrons. The van der Waals surface area contributed by atoms with Crippen LogP contribution in [0, 0.1) is 0 Å². The summed E-state index contributed by atoms with van der Waals surface area (Å²) in [7, 11) is 2.17. The Morgan fingerprint density at radius 2 is 1.56 bits per heavy atom. The summed E-state index contributed by atoms with van der Waals surface area (Å²) in [6.07, 6.45) is 2.83. The molecular weight excluding hydrogens is 138 g/mol. The van der Waals surface area contributed by atoms with Gasteiger partial charge < -0.3 is 4.90 Å². The van der Waals surface area contributed by atoms with E-state index in [9.17, 15) is 0 Å². The van der Waals surface area contributed by atoms with Crippen LogP contribution in [0.5, 0.6) is 0 Å². The molecule has 1 aliphatic heterocycles. The first-order chi connectivity index (χ1) is 4.31. The van der Waals surface area contributed by atoms with Crippen LogP contribution in [-0.2, 0) is 11.6 Å². The lowest BCUT2D eigenvalue weighted by Gasteiger charge is -2.01. The molecule has 0 aliphatic carbocycles. The Morgan fingerprint density at radius 3 is 1.67 bits per heavy atom. The van der Waals surface area contributed by atoms with Gasteiger partial charge in [0.15, 0.2) is 0 Å². The number of rotatable bonds is 0. The largest absolute Gasteiger partial charge is 0.335 e. The molecule has 0 amide bonds. The molecule has 1 saturated heterocycles. The van der Waals surface area contributed by atoms with Crippen molar-refractivity contribution in [2.75, 3.05) is 20.1 Å². The van der Waals surface area contributed by atoms with Gasteiger partial charge in [0.2, 0.25) is 0 Å². The highest BCUT2D eigenvalue weighted by Gasteiger charge is 2.03. The van der Waals surface area contributed by atoms with Crippen molar-refractivity contribution in [1.29, 1.82) is 0 Å². The first-order valence-corrected chi connectivity index (χ1v) is 3.58. The molecule has 0 spiro atoms. The zero-order valence-corrected chi connectivity index (χ0v) is 6.32. The van der Waals surface area contributed by atoms with Crippen LogP contribution in [0.25, 0.3) is 0 Å². The van der Waals surface area contributed by atoms with Gasteiger partial charge in [-0.25, -0.2) is 0 Å². The van der Waals surface area contributed by atoms with Crippen LogP contribution in [0.15, 0.2) is 0 Å². The summed E-state index contributed by atoms with van der Waals surface area (Å²) < 4.78 is 16.6. The average molecular weight is 149 g/mol. The second-order valence-corrected chi connectivity index (χ2v) is 2.21. The van der Waals surface area contributed by atoms with Crippen molar-refractivity contribution in [1.82, 2.24) is 4.90 Å². The lowest BCUT2D eigenvalue weighted by atomic mass is 10.4. The van der Waals surface area contributed by atoms with Crippen molar-refractivity contribution in [3.8, 4) is 0 Å². The molecule has 54 valence electrons. The van der Waals surface area contributed by atoms with Gasteiger partial charge in [-0.3, -0.25) is 0 Å². The first kappa shape index (κ1) is 8.78. The van der Waals surface area contributed by atoms with Crippen LogP contribution in [-0.4, -0.2) is 33.5 Å². The van der Waals surface area contributed by atoms with E-state index in [-0.39, 0.29) is 0 Å². The van der Waals surface area contributed by atoms with Crippen molar-refractivity contribution >= 4 is 11.6 Å². The van der Waals surface area contributed by atoms with Crippen LogP contribution in [0.2, 0.25) is 0 Å². The molecule has 0 aromatic carbocycles. The lowest BCUT2D eigenvalue weighted by molar-refractivity contribution is 0.418. The summed E-state index contributed by atoms with van der Waals surface area (Å²) in [4.78, 5) is 2.36. The summed E-state index contributed by atoms with van der Waals surface area (Å²) in [6.45, 7) is 2.64. The quantitative estimate of drug-likeness (QED) is 0.488. The Labute approximate surface area is 58.6 Å². The third kappa shape index (κ3) is 5.65. The van der Waals surface area contributed by atoms with Crippen LogP contribution in [0.3, 0.4) is 0 Å². The van der Waals surface area contributed by atoms with E-state index in [0.29, 0.717) is 0 Å². The third-order valence-corrected chi connectivity index (χ3v) is 1.33. The van der Waals surface area contributed by atoms with E-state index in [1.807, 2.05) is 0 Å². The zero-order valence-electron chi connectivity index (χ0n) is 5.50. The second kappa shape index (κ2) is 5.91. The number of nitrogens with zero attached hydrogens (tertiary/aromatic N) is 1. The molecule has 1 aliphatic rings. The number of hydrogen-bond donors (Lipinski definition) is 0. The molecule has 0 unspecified atom stereocenters. The van der Waals surface area contributed by atoms with Gasteiger partial charge in [0.1, 0.15) is 0 Å². The van der Waals surface area contributed by atoms with Gasteiger partial charge in [-0.2, -0.15) is 8.42 Å². The van der Waals surface area contributed by atoms with Gasteiger partial charge >= 0.3 is 11.6 Å². The predicted molar refractivity (Wildman–Crippen MR) is 35.7 cm³/mol. The van der Waals surface area contributed by atoms with Gasteiger partial charge in [-0.15, -0.1) is 0 Å². The zero-order chi connectivity index (χ0) is 7.11. The van der Waals surface area contributed by atoms with Crippen LogP contribution >= 0.6 is 0 Å². The predicted octanol–water partition coefficient (Wildman–Crippen LogP) is 0.0418. The smallest absolute Gasteiger partial charge is 0.306 e. The summed E-state index contributed by atoms with van der Waals surface area (Å²) >= 11 is -0.750. The van der Waals surface area contributed by atoms with Crippen LogP contribution in [0.4, 0.5) is 0 Å². The molecule has 9 heavy (non-hydrogen) atoms. The normalized spacial score (nSPS) is 18.3. The standard InChI is InChI=1S/C5H11N.O2S/c1-6-4-2-3-5-6;1-3-2/h2-5H2,1H3;. The molecule has 1 heterocycles. The molecule has 0 aromatic heterocycles. The van der Waals surface area contributed by atoms with Gasteiger partial charge in [0.05, 0.1) is 0 Å². The molecule has 1 fully saturated rings. The molecular formula is C5H11NO2S. The monoisotopic (exact) mass is 149 g/mol. The topological polar surface area (TPSA) is 37.4 Å². The minimum atomic E-state index is -0.750. The Hall–Kier alpha value is -0.220. The van der Waals surface area contributed by atoms with E-state index in [4.69, 9.17) is 8.42 Å². The van der Waals surface area contributed by atoms with E-state index in [1.54, 1.807) is 0 Å². The van der Waals surface area contributed by atoms with Gasteiger partial charge in [-0.1, -0.05) is 0 Å². The van der Waals surface area contributed by atoms with Crippen molar-refractivity contribution in [3.63, 3.8) is 0 Å². The fourth-order valence-electron chi connectivity index (χ4n) is 0.875. The van der Waals surface area contributed by atoms with E-state index in [0.717, 1.165) is 0 Å². The fraction of sp³-hybridized carbons (Fsp3) is 1.00. The molecule has 4 heteroatoms. The average Bonchev–Trinajstić information content (AvgIpc) is 2.20. The van der Waals surface area contributed by atoms with E-state index >= 15 is 0 Å². The molecule has 1 rings (SSSR count). The summed E-state index contributed by atoms with van der Waals surface area (Å²) in [6, 6.07) is 0. The summed E-state index contributed by atoms with van der Waals surface area (Å²) in [5.74, 6) is 0. The summed E-state index contributed by atoms with van der Waals surface area (Å²) in [5.41, 5.74) is 0. The minimum absolute atomic E-state index is 0.750. The SMILES string of the molecule is CN1CCCC1.O=S=O. The Balaban J connectivity index is 0.000000187. The maximum Gasteiger partial charge on any atom is 0.335 e. The Bertz CT molecular complexity index is 95.1. The molecule has 0 N–H and O–H groups in total. The maximum atomic E-state index is 8.29. The van der Waals surface area contributed by atoms with Crippen molar-refractivity contribution in [2.24, 2.45) is 0 Å². The highest BCUT2D eigenvalue weighted by atomic mass is 32.1. The highest BCUT2D eigenvalue weighted by molar-refractivity contribution is 7.51. The lowest BCUT2D eigenvalue weighted by Crippen LogP contribution is -2.10. The molecule has 0 bridgehead atoms. The van der Waals surface area contributed by atoms with Gasteiger partial charge in [-0.05, 0) is 33.0 Å². The third-order valence-electron chi connectivity index (χ3n) is 1.33. The number of hydrogen-bond acceptors (Lipinski definition) is 3. The van der Waals surface area contributed by atoms with Crippen LogP contribution in [0.1, 0.15) is 12.8 Å². The molecule has 0 saturated carbocycles. The van der Waals surface area contributed by atoms with Crippen LogP contribution < -0.4 is 0 Å². The maximum absolute atomic E-state index is 8.29.